The fourth-order valence-electron chi connectivity index (χ4n) is 2.38. The highest BCUT2D eigenvalue weighted by molar-refractivity contribution is 5.96. The van der Waals surface area contributed by atoms with Gasteiger partial charge in [0.25, 0.3) is 5.91 Å². The molecule has 0 radical (unpaired) electrons. The first-order chi connectivity index (χ1) is 11.2. The molecule has 1 aromatic rings. The molecular weight excluding hydrogens is 318 g/mol. The molecule has 0 saturated carbocycles. The zero-order valence-corrected chi connectivity index (χ0v) is 13.9. The van der Waals surface area contributed by atoms with Gasteiger partial charge >= 0.3 is 11.8 Å². The van der Waals surface area contributed by atoms with Gasteiger partial charge in [-0.3, -0.25) is 20.0 Å². The van der Waals surface area contributed by atoms with Crippen LogP contribution >= 0.6 is 0 Å². The minimum atomic E-state index is -0.663. The van der Waals surface area contributed by atoms with E-state index in [1.54, 1.807) is 25.7 Å². The number of carbonyl (C=O) groups is 2. The van der Waals surface area contributed by atoms with Crippen LogP contribution in [0.3, 0.4) is 0 Å². The monoisotopic (exact) mass is 339 g/mol. The standard InChI is InChI=1S/C14H21N5O5/c1-14(2,3)24-13(21)18-6-4-9(5-7-18)16-12(20)11-10(19(22)23)8-15-17-11/h8-9H,4-7H2,1-3H3,(H,15,17)(H,16,20). The van der Waals surface area contributed by atoms with Gasteiger partial charge in [-0.2, -0.15) is 5.10 Å². The predicted octanol–water partition coefficient (Wildman–Crippen LogP) is 1.45. The maximum absolute atomic E-state index is 12.1. The van der Waals surface area contributed by atoms with Gasteiger partial charge in [-0.05, 0) is 33.6 Å². The molecule has 132 valence electrons. The number of aromatic amines is 1. The maximum atomic E-state index is 12.1. The van der Waals surface area contributed by atoms with E-state index in [2.05, 4.69) is 15.5 Å². The number of nitrogens with zero attached hydrogens (tertiary/aromatic N) is 3. The molecular formula is C14H21N5O5. The summed E-state index contributed by atoms with van der Waals surface area (Å²) >= 11 is 0. The maximum Gasteiger partial charge on any atom is 0.410 e. The molecule has 2 amide bonds. The Balaban J connectivity index is 1.87. The van der Waals surface area contributed by atoms with E-state index in [0.717, 1.165) is 6.20 Å². The lowest BCUT2D eigenvalue weighted by Crippen LogP contribution is -2.47. The van der Waals surface area contributed by atoms with Gasteiger partial charge in [-0.1, -0.05) is 0 Å². The van der Waals surface area contributed by atoms with Crippen molar-refractivity contribution in [2.75, 3.05) is 13.1 Å². The number of nitro groups is 1. The molecule has 0 aromatic carbocycles. The van der Waals surface area contributed by atoms with Crippen molar-refractivity contribution in [1.82, 2.24) is 20.4 Å². The zero-order chi connectivity index (χ0) is 17.9. The van der Waals surface area contributed by atoms with E-state index in [1.165, 1.54) is 0 Å². The molecule has 0 atom stereocenters. The molecule has 10 heteroatoms. The van der Waals surface area contributed by atoms with Crippen LogP contribution in [-0.2, 0) is 4.74 Å². The molecule has 2 N–H and O–H groups in total. The topological polar surface area (TPSA) is 130 Å². The second-order valence-electron chi connectivity index (χ2n) is 6.59. The van der Waals surface area contributed by atoms with Crippen molar-refractivity contribution >= 4 is 17.7 Å². The Morgan fingerprint density at radius 2 is 2.04 bits per heavy atom. The molecule has 1 aliphatic rings. The Labute approximate surface area is 138 Å². The number of piperidine rings is 1. The van der Waals surface area contributed by atoms with E-state index in [-0.39, 0.29) is 23.5 Å². The van der Waals surface area contributed by atoms with Gasteiger partial charge in [0.05, 0.1) is 4.92 Å². The lowest BCUT2D eigenvalue weighted by atomic mass is 10.1. The summed E-state index contributed by atoms with van der Waals surface area (Å²) in [6.45, 7) is 6.29. The summed E-state index contributed by atoms with van der Waals surface area (Å²) in [4.78, 5) is 35.8. The van der Waals surface area contributed by atoms with Gasteiger partial charge in [-0.15, -0.1) is 0 Å². The molecule has 0 unspecified atom stereocenters. The highest BCUT2D eigenvalue weighted by atomic mass is 16.6. The van der Waals surface area contributed by atoms with Crippen LogP contribution in [0.4, 0.5) is 10.5 Å². The van der Waals surface area contributed by atoms with Gasteiger partial charge < -0.3 is 15.0 Å². The summed E-state index contributed by atoms with van der Waals surface area (Å²) in [5.41, 5.74) is -1.16. The van der Waals surface area contributed by atoms with E-state index in [9.17, 15) is 19.7 Å². The summed E-state index contributed by atoms with van der Waals surface area (Å²) in [6, 6.07) is -0.174. The molecule has 24 heavy (non-hydrogen) atoms. The van der Waals surface area contributed by atoms with Gasteiger partial charge in [-0.25, -0.2) is 4.79 Å². The van der Waals surface area contributed by atoms with Crippen LogP contribution in [-0.4, -0.2) is 56.8 Å². The van der Waals surface area contributed by atoms with E-state index in [4.69, 9.17) is 4.74 Å². The van der Waals surface area contributed by atoms with Crippen molar-refractivity contribution in [2.45, 2.75) is 45.3 Å². The number of hydrogen-bond donors (Lipinski definition) is 2. The fourth-order valence-corrected chi connectivity index (χ4v) is 2.38. The van der Waals surface area contributed by atoms with Crippen molar-refractivity contribution in [3.05, 3.63) is 22.0 Å². The Morgan fingerprint density at radius 1 is 1.42 bits per heavy atom. The van der Waals surface area contributed by atoms with Crippen molar-refractivity contribution in [3.8, 4) is 0 Å². The third-order valence-corrected chi connectivity index (χ3v) is 3.51. The minimum absolute atomic E-state index is 0.174. The van der Waals surface area contributed by atoms with E-state index < -0.39 is 16.4 Å². The number of nitrogens with one attached hydrogen (secondary N) is 2. The smallest absolute Gasteiger partial charge is 0.410 e. The number of likely N-dealkylation sites (tertiary alicyclic amines) is 1. The molecule has 1 aromatic heterocycles. The van der Waals surface area contributed by atoms with Gasteiger partial charge in [0, 0.05) is 19.1 Å². The normalized spacial score (nSPS) is 15.9. The summed E-state index contributed by atoms with van der Waals surface area (Å²) in [6.07, 6.45) is 1.78. The first kappa shape index (κ1) is 17.7. The molecule has 0 bridgehead atoms. The first-order valence-electron chi connectivity index (χ1n) is 7.64. The van der Waals surface area contributed by atoms with Crippen LogP contribution in [0, 0.1) is 10.1 Å². The van der Waals surface area contributed by atoms with Crippen LogP contribution in [0.5, 0.6) is 0 Å². The third kappa shape index (κ3) is 4.43. The number of hydrogen-bond acceptors (Lipinski definition) is 6. The molecule has 1 saturated heterocycles. The van der Waals surface area contributed by atoms with Crippen molar-refractivity contribution in [3.63, 3.8) is 0 Å². The molecule has 1 aliphatic heterocycles. The first-order valence-corrected chi connectivity index (χ1v) is 7.64. The molecule has 10 nitrogen and oxygen atoms in total. The highest BCUT2D eigenvalue weighted by Gasteiger charge is 2.30. The number of aromatic nitrogens is 2. The number of H-pyrrole nitrogens is 1. The van der Waals surface area contributed by atoms with Gasteiger partial charge in [0.15, 0.2) is 0 Å². The quantitative estimate of drug-likeness (QED) is 0.633. The summed E-state index contributed by atoms with van der Waals surface area (Å²) < 4.78 is 5.31. The van der Waals surface area contributed by atoms with Gasteiger partial charge in [0.2, 0.25) is 5.69 Å². The number of rotatable bonds is 3. The molecule has 2 rings (SSSR count). The predicted molar refractivity (Wildman–Crippen MR) is 83.5 cm³/mol. The van der Waals surface area contributed by atoms with Crippen LogP contribution in [0.25, 0.3) is 0 Å². The lowest BCUT2D eigenvalue weighted by molar-refractivity contribution is -0.385. The SMILES string of the molecule is CC(C)(C)OC(=O)N1CCC(NC(=O)c2n[nH]cc2[N+](=O)[O-])CC1. The second kappa shape index (κ2) is 6.85. The largest absolute Gasteiger partial charge is 0.444 e. The number of carbonyl (C=O) groups excluding carboxylic acids is 2. The van der Waals surface area contributed by atoms with Crippen molar-refractivity contribution in [2.24, 2.45) is 0 Å². The van der Waals surface area contributed by atoms with Crippen molar-refractivity contribution in [1.29, 1.82) is 0 Å². The number of amides is 2. The van der Waals surface area contributed by atoms with E-state index >= 15 is 0 Å². The van der Waals surface area contributed by atoms with Crippen LogP contribution < -0.4 is 5.32 Å². The third-order valence-electron chi connectivity index (χ3n) is 3.51. The second-order valence-corrected chi connectivity index (χ2v) is 6.59. The van der Waals surface area contributed by atoms with E-state index in [0.29, 0.717) is 25.9 Å². The lowest BCUT2D eigenvalue weighted by Gasteiger charge is -2.33. The zero-order valence-electron chi connectivity index (χ0n) is 13.9. The summed E-state index contributed by atoms with van der Waals surface area (Å²) in [5, 5.41) is 19.5. The molecule has 1 fully saturated rings. The molecule has 2 heterocycles. The summed E-state index contributed by atoms with van der Waals surface area (Å²) in [5.74, 6) is -0.598. The van der Waals surface area contributed by atoms with Gasteiger partial charge in [0.1, 0.15) is 11.8 Å². The van der Waals surface area contributed by atoms with Crippen LogP contribution in [0.15, 0.2) is 6.20 Å². The van der Waals surface area contributed by atoms with Crippen LogP contribution in [0.2, 0.25) is 0 Å². The molecule has 0 aliphatic carbocycles. The van der Waals surface area contributed by atoms with Crippen molar-refractivity contribution < 1.29 is 19.2 Å². The molecule has 0 spiro atoms. The average molecular weight is 339 g/mol. The Kier molecular flexibility index (Phi) is 5.05. The Bertz CT molecular complexity index is 628. The Hall–Kier alpha value is -2.65. The summed E-state index contributed by atoms with van der Waals surface area (Å²) in [7, 11) is 0. The fraction of sp³-hybridized carbons (Fsp3) is 0.643. The number of ether oxygens (including phenoxy) is 1. The van der Waals surface area contributed by atoms with E-state index in [1.807, 2.05) is 0 Å². The average Bonchev–Trinajstić information content (AvgIpc) is 2.96. The highest BCUT2D eigenvalue weighted by Crippen LogP contribution is 2.18. The Morgan fingerprint density at radius 3 is 2.58 bits per heavy atom. The minimum Gasteiger partial charge on any atom is -0.444 e. The van der Waals surface area contributed by atoms with Crippen LogP contribution in [0.1, 0.15) is 44.1 Å².